The molecule has 0 spiro atoms. The maximum atomic E-state index is 2.50. The van der Waals surface area contributed by atoms with Crippen LogP contribution in [0.1, 0.15) is 163 Å². The van der Waals surface area contributed by atoms with E-state index in [1.54, 1.807) is 6.04 Å². The van der Waals surface area contributed by atoms with Gasteiger partial charge in [-0.1, -0.05) is 147 Å². The zero-order valence-electron chi connectivity index (χ0n) is 21.3. The highest BCUT2D eigenvalue weighted by molar-refractivity contribution is 6.45. The Bertz CT molecular complexity index is 344. The lowest BCUT2D eigenvalue weighted by atomic mass is 10.0. The van der Waals surface area contributed by atoms with Gasteiger partial charge in [-0.15, -0.1) is 0 Å². The van der Waals surface area contributed by atoms with E-state index < -0.39 is 0 Å². The third-order valence-electron chi connectivity index (χ3n) is 6.67. The van der Waals surface area contributed by atoms with Crippen molar-refractivity contribution in [2.45, 2.75) is 169 Å². The van der Waals surface area contributed by atoms with Crippen molar-refractivity contribution in [2.24, 2.45) is 0 Å². The zero-order valence-corrected chi connectivity index (χ0v) is 22.7. The van der Waals surface area contributed by atoms with Gasteiger partial charge >= 0.3 is 0 Å². The van der Waals surface area contributed by atoms with E-state index in [1.165, 1.54) is 135 Å². The average molecular weight is 423 g/mol. The van der Waals surface area contributed by atoms with Crippen molar-refractivity contribution in [1.82, 2.24) is 0 Å². The lowest BCUT2D eigenvalue weighted by molar-refractivity contribution is 0.598. The summed E-state index contributed by atoms with van der Waals surface area (Å²) in [7, 11) is 0.0222. The molecule has 0 saturated carbocycles. The van der Waals surface area contributed by atoms with E-state index >= 15 is 0 Å². The fourth-order valence-electron chi connectivity index (χ4n) is 4.49. The van der Waals surface area contributed by atoms with Crippen LogP contribution in [0.2, 0.25) is 6.04 Å². The van der Waals surface area contributed by atoms with Gasteiger partial charge in [0.25, 0.3) is 0 Å². The summed E-state index contributed by atoms with van der Waals surface area (Å²) in [6.45, 7) is 9.45. The van der Waals surface area contributed by atoms with Gasteiger partial charge < -0.3 is 0 Å². The molecule has 0 fully saturated rings. The number of unbranched alkanes of at least 4 members (excludes halogenated alkanes) is 16. The van der Waals surface area contributed by atoms with Gasteiger partial charge in [-0.2, -0.15) is 0 Å². The van der Waals surface area contributed by atoms with Crippen LogP contribution in [0.15, 0.2) is 10.8 Å². The molecule has 174 valence electrons. The molecule has 0 saturated heterocycles. The van der Waals surface area contributed by atoms with E-state index in [-0.39, 0.29) is 9.52 Å². The van der Waals surface area contributed by atoms with Crippen LogP contribution in [-0.2, 0) is 0 Å². The Balaban J connectivity index is 4.14. The highest BCUT2D eigenvalue weighted by Crippen LogP contribution is 2.21. The Hall–Kier alpha value is -0.0431. The Morgan fingerprint density at radius 1 is 0.448 bits per heavy atom. The minimum Gasteiger partial charge on any atom is -0.0890 e. The van der Waals surface area contributed by atoms with Crippen molar-refractivity contribution < 1.29 is 0 Å². The topological polar surface area (TPSA) is 0 Å². The number of hydrogen-bond donors (Lipinski definition) is 0. The third kappa shape index (κ3) is 21.0. The van der Waals surface area contributed by atoms with Gasteiger partial charge in [0.2, 0.25) is 0 Å². The summed E-state index contributed by atoms with van der Waals surface area (Å²) in [5.74, 6) is 0. The smallest absolute Gasteiger partial charge is 0.0495 e. The fraction of sp³-hybridized carbons (Fsp3) is 0.929. The first kappa shape index (κ1) is 29.0. The van der Waals surface area contributed by atoms with Crippen molar-refractivity contribution in [3.05, 3.63) is 10.8 Å². The molecule has 1 heteroatoms. The molecule has 0 nitrogen and oxygen atoms in total. The molecule has 0 rings (SSSR count). The summed E-state index contributed by atoms with van der Waals surface area (Å²) >= 11 is 0. The molecule has 0 aromatic heterocycles. The van der Waals surface area contributed by atoms with Gasteiger partial charge in [-0.05, 0) is 32.6 Å². The molecular formula is C28H58Si. The Morgan fingerprint density at radius 2 is 0.828 bits per heavy atom. The van der Waals surface area contributed by atoms with Crippen LogP contribution in [0.5, 0.6) is 0 Å². The number of hydrogen-bond acceptors (Lipinski definition) is 0. The Labute approximate surface area is 188 Å². The first-order chi connectivity index (χ1) is 14.3. The molecule has 0 bridgehead atoms. The van der Waals surface area contributed by atoms with Gasteiger partial charge in [-0.25, -0.2) is 0 Å². The molecule has 0 N–H and O–H groups in total. The quantitative estimate of drug-likeness (QED) is 0.113. The zero-order chi connectivity index (χ0) is 21.4. The molecule has 29 heavy (non-hydrogen) atoms. The van der Waals surface area contributed by atoms with Crippen LogP contribution in [-0.4, -0.2) is 9.52 Å². The Kier molecular flexibility index (Phi) is 24.2. The molecular weight excluding hydrogens is 364 g/mol. The van der Waals surface area contributed by atoms with Crippen LogP contribution in [0.3, 0.4) is 0 Å². The van der Waals surface area contributed by atoms with E-state index in [2.05, 4.69) is 27.7 Å². The maximum absolute atomic E-state index is 2.50. The molecule has 0 heterocycles. The number of allylic oxidation sites excluding steroid dienone is 2. The summed E-state index contributed by atoms with van der Waals surface area (Å²) in [6.07, 6.45) is 30.4. The molecule has 0 radical (unpaired) electrons. The van der Waals surface area contributed by atoms with Crippen LogP contribution in [0.4, 0.5) is 0 Å². The van der Waals surface area contributed by atoms with Gasteiger partial charge in [0.1, 0.15) is 0 Å². The molecule has 0 aliphatic carbocycles. The summed E-state index contributed by atoms with van der Waals surface area (Å²) in [6, 6.07) is 1.58. The molecule has 0 unspecified atom stereocenters. The van der Waals surface area contributed by atoms with Crippen molar-refractivity contribution >= 4 is 9.52 Å². The molecule has 0 amide bonds. The maximum Gasteiger partial charge on any atom is 0.0495 e. The minimum absolute atomic E-state index is 0.0222. The van der Waals surface area contributed by atoms with Gasteiger partial charge in [0.15, 0.2) is 0 Å². The molecule has 0 aromatic rings. The van der Waals surface area contributed by atoms with E-state index in [0.717, 1.165) is 0 Å². The monoisotopic (exact) mass is 422 g/mol. The largest absolute Gasteiger partial charge is 0.0890 e. The summed E-state index contributed by atoms with van der Waals surface area (Å²) in [4.78, 5) is 0. The predicted molar refractivity (Wildman–Crippen MR) is 140 cm³/mol. The first-order valence-corrected chi connectivity index (χ1v) is 15.6. The van der Waals surface area contributed by atoms with Crippen molar-refractivity contribution in [3.63, 3.8) is 0 Å². The standard InChI is InChI=1S/C28H58Si/c1-5-8-11-14-17-20-23-26-29-28(25-22-19-16-13-10-7-3)27(4)24-21-18-15-12-9-6-2/h5-26,29H2,1-4H3. The van der Waals surface area contributed by atoms with Crippen molar-refractivity contribution in [1.29, 1.82) is 0 Å². The second kappa shape index (κ2) is 24.2. The van der Waals surface area contributed by atoms with E-state index in [0.29, 0.717) is 0 Å². The minimum atomic E-state index is 0.0222. The SMILES string of the molecule is CCCCCCCCC[SiH2]C(CCCCCCCC)=C(C)CCCCCCCC. The van der Waals surface area contributed by atoms with Crippen LogP contribution in [0.25, 0.3) is 0 Å². The summed E-state index contributed by atoms with van der Waals surface area (Å²) in [5, 5.41) is 1.99. The molecule has 0 aliphatic heterocycles. The van der Waals surface area contributed by atoms with E-state index in [1.807, 2.05) is 10.8 Å². The van der Waals surface area contributed by atoms with E-state index in [4.69, 9.17) is 0 Å². The van der Waals surface area contributed by atoms with Crippen molar-refractivity contribution in [3.8, 4) is 0 Å². The van der Waals surface area contributed by atoms with Crippen LogP contribution in [0, 0.1) is 0 Å². The highest BCUT2D eigenvalue weighted by Gasteiger charge is 2.05. The van der Waals surface area contributed by atoms with Crippen LogP contribution < -0.4 is 0 Å². The average Bonchev–Trinajstić information content (AvgIpc) is 2.73. The van der Waals surface area contributed by atoms with Gasteiger partial charge in [0.05, 0.1) is 0 Å². The van der Waals surface area contributed by atoms with Gasteiger partial charge in [-0.3, -0.25) is 0 Å². The molecule has 0 aromatic carbocycles. The lowest BCUT2D eigenvalue weighted by Gasteiger charge is -2.13. The van der Waals surface area contributed by atoms with Crippen molar-refractivity contribution in [2.75, 3.05) is 0 Å². The Morgan fingerprint density at radius 3 is 1.31 bits per heavy atom. The predicted octanol–water partition coefficient (Wildman–Crippen LogP) is 10.1. The number of rotatable bonds is 23. The van der Waals surface area contributed by atoms with E-state index in [9.17, 15) is 0 Å². The van der Waals surface area contributed by atoms with Crippen LogP contribution >= 0.6 is 0 Å². The second-order valence-corrected chi connectivity index (χ2v) is 11.7. The van der Waals surface area contributed by atoms with Gasteiger partial charge in [0, 0.05) is 9.52 Å². The first-order valence-electron chi connectivity index (χ1n) is 13.9. The summed E-state index contributed by atoms with van der Waals surface area (Å²) in [5.41, 5.74) is 1.82. The molecule has 0 aliphatic rings. The summed E-state index contributed by atoms with van der Waals surface area (Å²) < 4.78 is 0. The third-order valence-corrected chi connectivity index (χ3v) is 9.09. The second-order valence-electron chi connectivity index (χ2n) is 9.64. The normalized spacial score (nSPS) is 12.8. The molecule has 0 atom stereocenters. The lowest BCUT2D eigenvalue weighted by Crippen LogP contribution is -2.01. The highest BCUT2D eigenvalue weighted by atomic mass is 28.2. The fourth-order valence-corrected chi connectivity index (χ4v) is 6.62.